The number of halogens is 2. The van der Waals surface area contributed by atoms with Crippen LogP contribution in [0.2, 0.25) is 5.28 Å². The lowest BCUT2D eigenvalue weighted by Gasteiger charge is -2.18. The largest absolute Gasteiger partial charge is 0.394 e. The number of anilines is 1. The smallest absolute Gasteiger partial charge is 0.227 e. The molecule has 0 bridgehead atoms. The Kier molecular flexibility index (Phi) is 7.29. The highest BCUT2D eigenvalue weighted by Crippen LogP contribution is 2.22. The molecule has 0 aliphatic carbocycles. The highest BCUT2D eigenvalue weighted by molar-refractivity contribution is 6.28. The number of nitrogens with zero attached hydrogens (tertiary/aromatic N) is 3. The highest BCUT2D eigenvalue weighted by atomic mass is 35.5. The minimum Gasteiger partial charge on any atom is -0.394 e. The topological polar surface area (TPSA) is 70.9 Å². The van der Waals surface area contributed by atoms with E-state index in [-0.39, 0.29) is 29.7 Å². The van der Waals surface area contributed by atoms with E-state index in [1.807, 2.05) is 13.0 Å². The third-order valence-corrected chi connectivity index (χ3v) is 4.39. The predicted octanol–water partition coefficient (Wildman–Crippen LogP) is 4.14. The van der Waals surface area contributed by atoms with Gasteiger partial charge in [-0.1, -0.05) is 32.9 Å². The molecule has 0 spiro atoms. The third-order valence-electron chi connectivity index (χ3n) is 4.22. The number of aliphatic hydroxyl groups excluding tert-OH is 1. The van der Waals surface area contributed by atoms with Crippen LogP contribution in [0.4, 0.5) is 10.3 Å². The van der Waals surface area contributed by atoms with Gasteiger partial charge in [-0.25, -0.2) is 9.37 Å². The summed E-state index contributed by atoms with van der Waals surface area (Å²) in [6.07, 6.45) is 1.29. The van der Waals surface area contributed by atoms with Crippen LogP contribution in [-0.2, 0) is 6.42 Å². The zero-order valence-electron chi connectivity index (χ0n) is 15.6. The van der Waals surface area contributed by atoms with Crippen molar-refractivity contribution < 1.29 is 9.50 Å². The molecule has 0 fully saturated rings. The third kappa shape index (κ3) is 5.88. The van der Waals surface area contributed by atoms with Crippen LogP contribution >= 0.6 is 11.6 Å². The van der Waals surface area contributed by atoms with E-state index in [1.165, 1.54) is 0 Å². The normalized spacial score (nSPS) is 13.7. The number of aromatic nitrogens is 3. The average Bonchev–Trinajstić information content (AvgIpc) is 2.55. The Morgan fingerprint density at radius 2 is 1.92 bits per heavy atom. The minimum atomic E-state index is -0.218. The number of aryl methyl sites for hydroxylation is 1. The lowest BCUT2D eigenvalue weighted by Crippen LogP contribution is -2.27. The van der Waals surface area contributed by atoms with Gasteiger partial charge in [-0.2, -0.15) is 9.97 Å². The van der Waals surface area contributed by atoms with Crippen molar-refractivity contribution in [1.29, 1.82) is 0 Å². The van der Waals surface area contributed by atoms with E-state index in [1.54, 1.807) is 19.1 Å². The summed E-state index contributed by atoms with van der Waals surface area (Å²) in [6, 6.07) is 5.08. The Morgan fingerprint density at radius 1 is 1.19 bits per heavy atom. The minimum absolute atomic E-state index is 0.0180. The van der Waals surface area contributed by atoms with Crippen molar-refractivity contribution in [2.24, 2.45) is 5.92 Å². The van der Waals surface area contributed by atoms with Crippen molar-refractivity contribution in [2.75, 3.05) is 11.9 Å². The van der Waals surface area contributed by atoms with Crippen LogP contribution in [0.3, 0.4) is 0 Å². The second-order valence-corrected chi connectivity index (χ2v) is 7.45. The number of aliphatic hydroxyl groups is 1. The van der Waals surface area contributed by atoms with E-state index >= 15 is 0 Å². The molecule has 0 aliphatic rings. The molecule has 0 saturated carbocycles. The molecular weight excluding hydrogens is 355 g/mol. The van der Waals surface area contributed by atoms with Gasteiger partial charge in [0.2, 0.25) is 11.2 Å². The maximum atomic E-state index is 13.8. The Balaban J connectivity index is 2.14. The van der Waals surface area contributed by atoms with Crippen molar-refractivity contribution >= 4 is 17.5 Å². The standard InChI is InChI=1S/C19H26ClFN4O/c1-11(2)7-15(10-26)22-19-24-17(23-18(20)25-19)8-13(4)14-6-5-12(3)16(21)9-14/h5-6,9,11,13,15,26H,7-8,10H2,1-4H3,(H,22,23,24,25)/t13?,15-/m1/s1. The van der Waals surface area contributed by atoms with Crippen LogP contribution in [-0.4, -0.2) is 32.7 Å². The predicted molar refractivity (Wildman–Crippen MR) is 102 cm³/mol. The fourth-order valence-electron chi connectivity index (χ4n) is 2.79. The molecule has 1 aromatic heterocycles. The molecule has 26 heavy (non-hydrogen) atoms. The summed E-state index contributed by atoms with van der Waals surface area (Å²) < 4.78 is 13.8. The second-order valence-electron chi connectivity index (χ2n) is 7.11. The van der Waals surface area contributed by atoms with E-state index in [9.17, 15) is 9.50 Å². The molecule has 142 valence electrons. The first-order valence-corrected chi connectivity index (χ1v) is 9.20. The lowest BCUT2D eigenvalue weighted by molar-refractivity contribution is 0.259. The van der Waals surface area contributed by atoms with Crippen LogP contribution in [0.25, 0.3) is 0 Å². The van der Waals surface area contributed by atoms with Crippen molar-refractivity contribution in [3.8, 4) is 0 Å². The number of rotatable bonds is 8. The zero-order valence-corrected chi connectivity index (χ0v) is 16.4. The molecule has 2 rings (SSSR count). The van der Waals surface area contributed by atoms with Gasteiger partial charge >= 0.3 is 0 Å². The number of hydrogen-bond acceptors (Lipinski definition) is 5. The Hall–Kier alpha value is -1.79. The van der Waals surface area contributed by atoms with Gasteiger partial charge in [0.15, 0.2) is 0 Å². The van der Waals surface area contributed by atoms with Crippen LogP contribution in [0.1, 0.15) is 50.1 Å². The summed E-state index contributed by atoms with van der Waals surface area (Å²) in [7, 11) is 0. The van der Waals surface area contributed by atoms with Gasteiger partial charge < -0.3 is 10.4 Å². The maximum Gasteiger partial charge on any atom is 0.227 e. The number of nitrogens with one attached hydrogen (secondary N) is 1. The van der Waals surface area contributed by atoms with E-state index < -0.39 is 0 Å². The fraction of sp³-hybridized carbons (Fsp3) is 0.526. The lowest BCUT2D eigenvalue weighted by atomic mass is 9.96. The summed E-state index contributed by atoms with van der Waals surface area (Å²) in [5.74, 6) is 1.11. The number of benzene rings is 1. The second kappa shape index (κ2) is 9.24. The van der Waals surface area contributed by atoms with Gasteiger partial charge in [-0.05, 0) is 54.0 Å². The van der Waals surface area contributed by atoms with Gasteiger partial charge in [0.05, 0.1) is 12.6 Å². The van der Waals surface area contributed by atoms with Gasteiger partial charge in [-0.15, -0.1) is 0 Å². The maximum absolute atomic E-state index is 13.8. The zero-order chi connectivity index (χ0) is 19.3. The summed E-state index contributed by atoms with van der Waals surface area (Å²) >= 11 is 6.03. The Bertz CT molecular complexity index is 741. The van der Waals surface area contributed by atoms with E-state index in [2.05, 4.69) is 34.1 Å². The fourth-order valence-corrected chi connectivity index (χ4v) is 2.96. The van der Waals surface area contributed by atoms with E-state index in [0.29, 0.717) is 29.7 Å². The first-order valence-electron chi connectivity index (χ1n) is 8.82. The van der Waals surface area contributed by atoms with Gasteiger partial charge in [0.1, 0.15) is 11.6 Å². The molecule has 0 amide bonds. The Morgan fingerprint density at radius 3 is 2.54 bits per heavy atom. The van der Waals surface area contributed by atoms with Gasteiger partial charge in [0, 0.05) is 6.42 Å². The average molecular weight is 381 g/mol. The van der Waals surface area contributed by atoms with Crippen LogP contribution in [0, 0.1) is 18.7 Å². The summed E-state index contributed by atoms with van der Waals surface area (Å²) in [6.45, 7) is 7.87. The SMILES string of the molecule is Cc1ccc(C(C)Cc2nc(Cl)nc(N[C@@H](CO)CC(C)C)n2)cc1F. The molecule has 0 aliphatic heterocycles. The van der Waals surface area contributed by atoms with Gasteiger partial charge in [0.25, 0.3) is 0 Å². The Labute approximate surface area is 159 Å². The van der Waals surface area contributed by atoms with Crippen LogP contribution < -0.4 is 5.32 Å². The summed E-state index contributed by atoms with van der Waals surface area (Å²) in [5.41, 5.74) is 1.50. The van der Waals surface area contributed by atoms with Crippen LogP contribution in [0.15, 0.2) is 18.2 Å². The molecular formula is C19H26ClFN4O. The highest BCUT2D eigenvalue weighted by Gasteiger charge is 2.15. The molecule has 7 heteroatoms. The summed E-state index contributed by atoms with van der Waals surface area (Å²) in [5, 5.41) is 12.7. The quantitative estimate of drug-likeness (QED) is 0.720. The van der Waals surface area contributed by atoms with Crippen molar-refractivity contribution in [2.45, 2.75) is 52.5 Å². The first-order chi connectivity index (χ1) is 12.3. The molecule has 5 nitrogen and oxygen atoms in total. The molecule has 1 unspecified atom stereocenters. The van der Waals surface area contributed by atoms with E-state index in [0.717, 1.165) is 12.0 Å². The monoisotopic (exact) mass is 380 g/mol. The summed E-state index contributed by atoms with van der Waals surface area (Å²) in [4.78, 5) is 12.7. The van der Waals surface area contributed by atoms with Crippen molar-refractivity contribution in [3.63, 3.8) is 0 Å². The van der Waals surface area contributed by atoms with Gasteiger partial charge in [-0.3, -0.25) is 0 Å². The molecule has 1 aromatic carbocycles. The molecule has 0 radical (unpaired) electrons. The molecule has 1 heterocycles. The van der Waals surface area contributed by atoms with Crippen molar-refractivity contribution in [3.05, 3.63) is 46.3 Å². The number of hydrogen-bond donors (Lipinski definition) is 2. The molecule has 0 saturated heterocycles. The molecule has 2 atom stereocenters. The molecule has 2 N–H and O–H groups in total. The molecule has 2 aromatic rings. The first kappa shape index (κ1) is 20.5. The van der Waals surface area contributed by atoms with Crippen molar-refractivity contribution in [1.82, 2.24) is 15.0 Å². The van der Waals surface area contributed by atoms with Crippen LogP contribution in [0.5, 0.6) is 0 Å². The van der Waals surface area contributed by atoms with E-state index in [4.69, 9.17) is 11.6 Å².